The number of unbranched alkanes of at least 4 members (excludes halogenated alkanes) is 32. The molecular weight excluding hydrogens is 829 g/mol. The lowest BCUT2D eigenvalue weighted by atomic mass is 10.0. The largest absolute Gasteiger partial charge is 0.462 e. The summed E-state index contributed by atoms with van der Waals surface area (Å²) in [5.41, 5.74) is 0. The van der Waals surface area contributed by atoms with Gasteiger partial charge in [-0.25, -0.2) is 0 Å². The Hall–Kier alpha value is -2.89. The second-order valence-corrected chi connectivity index (χ2v) is 19.2. The van der Waals surface area contributed by atoms with Gasteiger partial charge in [-0.3, -0.25) is 14.4 Å². The first kappa shape index (κ1) is 64.1. The SMILES string of the molecule is CC/C=C\C/C=C\C/C=C\C/C=C\C/C=C\CC(=O)OC(COC(=O)CCCCCCCCCCCCCC)COC(=O)CCCCCCCCCCCCCCCCCCCCCCCC. The smallest absolute Gasteiger partial charge is 0.310 e. The molecule has 0 heterocycles. The van der Waals surface area contributed by atoms with E-state index in [1.165, 1.54) is 180 Å². The summed E-state index contributed by atoms with van der Waals surface area (Å²) in [6.07, 6.45) is 69.6. The van der Waals surface area contributed by atoms with Crippen molar-refractivity contribution >= 4 is 17.9 Å². The summed E-state index contributed by atoms with van der Waals surface area (Å²) in [6.45, 7) is 6.47. The minimum absolute atomic E-state index is 0.101. The van der Waals surface area contributed by atoms with Crippen LogP contribution in [0.3, 0.4) is 0 Å². The predicted octanol–water partition coefficient (Wildman–Crippen LogP) is 19.2. The van der Waals surface area contributed by atoms with Crippen molar-refractivity contribution in [3.63, 3.8) is 0 Å². The molecule has 388 valence electrons. The highest BCUT2D eigenvalue weighted by Gasteiger charge is 2.19. The summed E-state index contributed by atoms with van der Waals surface area (Å²) >= 11 is 0. The van der Waals surface area contributed by atoms with Crippen LogP contribution in [0.15, 0.2) is 60.8 Å². The lowest BCUT2D eigenvalue weighted by Crippen LogP contribution is -2.30. The van der Waals surface area contributed by atoms with E-state index in [1.807, 2.05) is 6.08 Å². The minimum Gasteiger partial charge on any atom is -0.462 e. The Morgan fingerprint density at radius 1 is 0.313 bits per heavy atom. The maximum absolute atomic E-state index is 12.8. The van der Waals surface area contributed by atoms with Crippen LogP contribution in [0.1, 0.15) is 290 Å². The Morgan fingerprint density at radius 3 is 0.851 bits per heavy atom. The van der Waals surface area contributed by atoms with Crippen LogP contribution in [-0.4, -0.2) is 37.2 Å². The molecule has 0 aliphatic heterocycles. The highest BCUT2D eigenvalue weighted by molar-refractivity contribution is 5.72. The summed E-state index contributed by atoms with van der Waals surface area (Å²) in [5, 5.41) is 0. The number of esters is 3. The lowest BCUT2D eigenvalue weighted by Gasteiger charge is -2.18. The zero-order valence-corrected chi connectivity index (χ0v) is 44.4. The summed E-state index contributed by atoms with van der Waals surface area (Å²) < 4.78 is 16.7. The van der Waals surface area contributed by atoms with Crippen molar-refractivity contribution in [2.45, 2.75) is 297 Å². The maximum atomic E-state index is 12.8. The van der Waals surface area contributed by atoms with Crippen LogP contribution in [0, 0.1) is 0 Å². The molecule has 0 aliphatic rings. The molecule has 0 bridgehead atoms. The van der Waals surface area contributed by atoms with E-state index >= 15 is 0 Å². The number of carbonyl (C=O) groups excluding carboxylic acids is 3. The van der Waals surface area contributed by atoms with Gasteiger partial charge in [0.15, 0.2) is 6.10 Å². The Morgan fingerprint density at radius 2 is 0.567 bits per heavy atom. The number of rotatable bonds is 52. The first-order valence-corrected chi connectivity index (χ1v) is 28.8. The Kier molecular flexibility index (Phi) is 53.3. The number of carbonyl (C=O) groups is 3. The zero-order chi connectivity index (χ0) is 48.6. The summed E-state index contributed by atoms with van der Waals surface area (Å²) in [7, 11) is 0. The first-order valence-electron chi connectivity index (χ1n) is 28.8. The van der Waals surface area contributed by atoms with E-state index in [-0.39, 0.29) is 31.6 Å². The highest BCUT2D eigenvalue weighted by Crippen LogP contribution is 2.17. The minimum atomic E-state index is -0.824. The van der Waals surface area contributed by atoms with E-state index in [0.29, 0.717) is 12.8 Å². The van der Waals surface area contributed by atoms with Gasteiger partial charge in [0.25, 0.3) is 0 Å². The molecule has 0 aromatic carbocycles. The summed E-state index contributed by atoms with van der Waals surface area (Å²) in [5.74, 6) is -1.03. The third-order valence-corrected chi connectivity index (χ3v) is 12.6. The molecule has 1 unspecified atom stereocenters. The van der Waals surface area contributed by atoms with Crippen LogP contribution in [0.25, 0.3) is 0 Å². The molecular formula is C61H108O6. The Bertz CT molecular complexity index is 1210. The van der Waals surface area contributed by atoms with E-state index in [1.54, 1.807) is 6.08 Å². The van der Waals surface area contributed by atoms with E-state index in [9.17, 15) is 14.4 Å². The van der Waals surface area contributed by atoms with Crippen molar-refractivity contribution in [3.05, 3.63) is 60.8 Å². The van der Waals surface area contributed by atoms with Crippen molar-refractivity contribution in [1.82, 2.24) is 0 Å². The average Bonchev–Trinajstić information content (AvgIpc) is 3.33. The molecule has 0 N–H and O–H groups in total. The second kappa shape index (κ2) is 55.7. The number of hydrogen-bond acceptors (Lipinski definition) is 6. The molecule has 6 heteroatoms. The standard InChI is InChI=1S/C61H108O6/c1-4-7-10-13-16-19-22-25-27-28-29-30-31-32-33-35-36-39-42-45-48-51-54-60(63)66-57-58(56-65-59(62)53-50-47-44-41-38-24-21-18-15-12-9-6-3)67-61(64)55-52-49-46-43-40-37-34-26-23-20-17-14-11-8-5-2/h8,11,17,20,26,34,40,43,49,52,58H,4-7,9-10,12-16,18-19,21-25,27-33,35-39,41-42,44-48,50-51,53-57H2,1-3H3/b11-8-,20-17-,34-26-,43-40-,52-49-. The van der Waals surface area contributed by atoms with E-state index in [2.05, 4.69) is 69.4 Å². The molecule has 0 aliphatic carbocycles. The summed E-state index contributed by atoms with van der Waals surface area (Å²) in [6, 6.07) is 0. The van der Waals surface area contributed by atoms with Crippen LogP contribution in [0.5, 0.6) is 0 Å². The van der Waals surface area contributed by atoms with Gasteiger partial charge in [0.2, 0.25) is 0 Å². The normalized spacial score (nSPS) is 12.5. The molecule has 6 nitrogen and oxygen atoms in total. The fourth-order valence-corrected chi connectivity index (χ4v) is 8.28. The van der Waals surface area contributed by atoms with Gasteiger partial charge in [-0.2, -0.15) is 0 Å². The molecule has 0 saturated heterocycles. The maximum Gasteiger partial charge on any atom is 0.310 e. The fraction of sp³-hybridized carbons (Fsp3) is 0.787. The van der Waals surface area contributed by atoms with Crippen LogP contribution < -0.4 is 0 Å². The Balaban J connectivity index is 4.35. The molecule has 67 heavy (non-hydrogen) atoms. The van der Waals surface area contributed by atoms with Gasteiger partial charge in [0.1, 0.15) is 13.2 Å². The predicted molar refractivity (Wildman–Crippen MR) is 288 cm³/mol. The molecule has 0 aromatic heterocycles. The average molecular weight is 938 g/mol. The molecule has 0 spiro atoms. The molecule has 1 atom stereocenters. The van der Waals surface area contributed by atoms with Gasteiger partial charge in [-0.05, 0) is 44.9 Å². The van der Waals surface area contributed by atoms with Crippen LogP contribution in [0.4, 0.5) is 0 Å². The van der Waals surface area contributed by atoms with Crippen molar-refractivity contribution in [3.8, 4) is 0 Å². The molecule has 0 saturated carbocycles. The molecule has 0 fully saturated rings. The number of hydrogen-bond donors (Lipinski definition) is 0. The van der Waals surface area contributed by atoms with E-state index in [4.69, 9.17) is 14.2 Å². The third kappa shape index (κ3) is 53.9. The highest BCUT2D eigenvalue weighted by atomic mass is 16.6. The van der Waals surface area contributed by atoms with Crippen molar-refractivity contribution in [1.29, 1.82) is 0 Å². The molecule has 0 rings (SSSR count). The topological polar surface area (TPSA) is 78.9 Å². The second-order valence-electron chi connectivity index (χ2n) is 19.2. The van der Waals surface area contributed by atoms with E-state index in [0.717, 1.165) is 70.6 Å². The number of allylic oxidation sites excluding steroid dienone is 9. The van der Waals surface area contributed by atoms with Gasteiger partial charge in [0, 0.05) is 12.8 Å². The summed E-state index contributed by atoms with van der Waals surface area (Å²) in [4.78, 5) is 38.0. The number of ether oxygens (including phenoxy) is 3. The molecule has 0 amide bonds. The van der Waals surface area contributed by atoms with Gasteiger partial charge >= 0.3 is 17.9 Å². The van der Waals surface area contributed by atoms with Gasteiger partial charge < -0.3 is 14.2 Å². The quantitative estimate of drug-likeness (QED) is 0.0262. The first-order chi connectivity index (χ1) is 33.0. The van der Waals surface area contributed by atoms with Gasteiger partial charge in [-0.1, -0.05) is 287 Å². The Labute approximate surface area is 415 Å². The molecule has 0 aromatic rings. The van der Waals surface area contributed by atoms with Gasteiger partial charge in [-0.15, -0.1) is 0 Å². The molecule has 0 radical (unpaired) electrons. The van der Waals surface area contributed by atoms with Gasteiger partial charge in [0.05, 0.1) is 6.42 Å². The van der Waals surface area contributed by atoms with Crippen molar-refractivity contribution < 1.29 is 28.6 Å². The third-order valence-electron chi connectivity index (χ3n) is 12.6. The van der Waals surface area contributed by atoms with Crippen LogP contribution >= 0.6 is 0 Å². The fourth-order valence-electron chi connectivity index (χ4n) is 8.28. The van der Waals surface area contributed by atoms with Crippen LogP contribution in [-0.2, 0) is 28.6 Å². The van der Waals surface area contributed by atoms with Crippen molar-refractivity contribution in [2.75, 3.05) is 13.2 Å². The monoisotopic (exact) mass is 937 g/mol. The van der Waals surface area contributed by atoms with Crippen LogP contribution in [0.2, 0.25) is 0 Å². The van der Waals surface area contributed by atoms with E-state index < -0.39 is 12.1 Å². The van der Waals surface area contributed by atoms with Crippen molar-refractivity contribution in [2.24, 2.45) is 0 Å². The zero-order valence-electron chi connectivity index (χ0n) is 44.4. The lowest BCUT2D eigenvalue weighted by molar-refractivity contribution is -0.166.